The molecule has 0 amide bonds. The molecule has 49 heavy (non-hydrogen) atoms. The molecule has 230 valence electrons. The lowest BCUT2D eigenvalue weighted by Gasteiger charge is -2.30. The molecule has 2 aliphatic rings. The fourth-order valence-corrected chi connectivity index (χ4v) is 8.79. The highest BCUT2D eigenvalue weighted by Gasteiger charge is 2.52. The number of pyridine rings is 2. The van der Waals surface area contributed by atoms with Crippen molar-refractivity contribution in [2.45, 2.75) is 19.3 Å². The van der Waals surface area contributed by atoms with Gasteiger partial charge in [0.25, 0.3) is 0 Å². The third-order valence-electron chi connectivity index (χ3n) is 10.8. The molecule has 8 aromatic rings. The minimum absolute atomic E-state index is 0.390. The number of rotatable bonds is 3. The van der Waals surface area contributed by atoms with Crippen molar-refractivity contribution in [1.82, 2.24) is 9.97 Å². The molecule has 0 saturated carbocycles. The average molecular weight is 625 g/mol. The second-order valence-electron chi connectivity index (χ2n) is 13.4. The van der Waals surface area contributed by atoms with E-state index in [1.807, 2.05) is 12.3 Å². The molecule has 0 radical (unpaired) electrons. The highest BCUT2D eigenvalue weighted by Crippen LogP contribution is 2.63. The summed E-state index contributed by atoms with van der Waals surface area (Å²) in [5, 5.41) is 0. The monoisotopic (exact) mass is 624 g/mol. The first-order valence-corrected chi connectivity index (χ1v) is 17.0. The molecule has 0 bridgehead atoms. The lowest BCUT2D eigenvalue weighted by atomic mass is 9.70. The highest BCUT2D eigenvalue weighted by molar-refractivity contribution is 6.01. The van der Waals surface area contributed by atoms with Crippen LogP contribution < -0.4 is 0 Å². The van der Waals surface area contributed by atoms with Gasteiger partial charge < -0.3 is 0 Å². The molecule has 2 heteroatoms. The van der Waals surface area contributed by atoms with Crippen molar-refractivity contribution in [3.05, 3.63) is 191 Å². The van der Waals surface area contributed by atoms with Gasteiger partial charge >= 0.3 is 0 Å². The Kier molecular flexibility index (Phi) is 5.95. The molecule has 2 aliphatic carbocycles. The maximum absolute atomic E-state index is 5.32. The lowest BCUT2D eigenvalue weighted by molar-refractivity contribution is 0.794. The van der Waals surface area contributed by atoms with E-state index < -0.39 is 5.41 Å². The Labute approximate surface area is 286 Å². The normalized spacial score (nSPS) is 13.3. The Balaban J connectivity index is 1.23. The number of nitrogens with zero attached hydrogens (tertiary/aromatic N) is 2. The number of hydrogen-bond acceptors (Lipinski definition) is 2. The zero-order chi connectivity index (χ0) is 32.7. The first kappa shape index (κ1) is 27.9. The van der Waals surface area contributed by atoms with Crippen molar-refractivity contribution >= 4 is 11.0 Å². The Bertz CT molecular complexity index is 2600. The molecule has 2 nitrogen and oxygen atoms in total. The van der Waals surface area contributed by atoms with Gasteiger partial charge in [0.2, 0.25) is 0 Å². The molecule has 10 rings (SSSR count). The summed E-state index contributed by atoms with van der Waals surface area (Å²) in [4.78, 5) is 10.2. The van der Waals surface area contributed by atoms with E-state index in [0.717, 1.165) is 33.4 Å². The third kappa shape index (κ3) is 3.83. The average Bonchev–Trinajstić information content (AvgIpc) is 3.62. The predicted octanol–water partition coefficient (Wildman–Crippen LogP) is 11.6. The van der Waals surface area contributed by atoms with Gasteiger partial charge in [0.15, 0.2) is 0 Å². The molecular weight excluding hydrogens is 593 g/mol. The summed E-state index contributed by atoms with van der Waals surface area (Å²) in [5.74, 6) is 0. The Morgan fingerprint density at radius 3 is 1.73 bits per heavy atom. The first-order chi connectivity index (χ1) is 24.1. The summed E-state index contributed by atoms with van der Waals surface area (Å²) < 4.78 is 0. The van der Waals surface area contributed by atoms with Crippen molar-refractivity contribution < 1.29 is 0 Å². The fraction of sp³-hybridized carbons (Fsp3) is 0.0638. The number of fused-ring (bicyclic) bond motifs is 11. The van der Waals surface area contributed by atoms with Gasteiger partial charge in [0, 0.05) is 17.3 Å². The van der Waals surface area contributed by atoms with Crippen LogP contribution >= 0.6 is 0 Å². The van der Waals surface area contributed by atoms with Crippen molar-refractivity contribution in [1.29, 1.82) is 0 Å². The minimum Gasteiger partial charge on any atom is -0.254 e. The number of hydrogen-bond donors (Lipinski definition) is 0. The predicted molar refractivity (Wildman–Crippen MR) is 202 cm³/mol. The number of benzene rings is 6. The van der Waals surface area contributed by atoms with Crippen molar-refractivity contribution in [3.8, 4) is 55.8 Å². The van der Waals surface area contributed by atoms with Gasteiger partial charge in [-0.15, -0.1) is 0 Å². The summed E-state index contributed by atoms with van der Waals surface area (Å²) in [7, 11) is 0. The van der Waals surface area contributed by atoms with Crippen LogP contribution in [0.1, 0.15) is 33.4 Å². The molecule has 2 heterocycles. The molecule has 0 saturated heterocycles. The zero-order valence-electron chi connectivity index (χ0n) is 27.4. The summed E-state index contributed by atoms with van der Waals surface area (Å²) in [6, 6.07) is 55.5. The summed E-state index contributed by atoms with van der Waals surface area (Å²) in [5.41, 5.74) is 21.3. The van der Waals surface area contributed by atoms with Crippen LogP contribution in [0.4, 0.5) is 0 Å². The lowest BCUT2D eigenvalue weighted by Crippen LogP contribution is -2.25. The summed E-state index contributed by atoms with van der Waals surface area (Å²) in [6.07, 6.45) is 1.87. The molecule has 0 N–H and O–H groups in total. The summed E-state index contributed by atoms with van der Waals surface area (Å²) >= 11 is 0. The Morgan fingerprint density at radius 2 is 1.02 bits per heavy atom. The van der Waals surface area contributed by atoms with Crippen LogP contribution in [0.2, 0.25) is 0 Å². The minimum atomic E-state index is -0.390. The van der Waals surface area contributed by atoms with E-state index in [1.54, 1.807) is 0 Å². The van der Waals surface area contributed by atoms with Crippen molar-refractivity contribution in [2.24, 2.45) is 0 Å². The third-order valence-corrected chi connectivity index (χ3v) is 10.8. The maximum Gasteiger partial charge on any atom is 0.0965 e. The first-order valence-electron chi connectivity index (χ1n) is 17.0. The van der Waals surface area contributed by atoms with Gasteiger partial charge in [-0.25, -0.2) is 4.98 Å². The van der Waals surface area contributed by atoms with Crippen LogP contribution in [-0.2, 0) is 5.41 Å². The van der Waals surface area contributed by atoms with Crippen LogP contribution in [-0.4, -0.2) is 9.97 Å². The molecule has 1 spiro atoms. The molecule has 0 aliphatic heterocycles. The molecule has 0 fully saturated rings. The van der Waals surface area contributed by atoms with Crippen LogP contribution in [0, 0.1) is 13.8 Å². The summed E-state index contributed by atoms with van der Waals surface area (Å²) in [6.45, 7) is 4.39. The smallest absolute Gasteiger partial charge is 0.0965 e. The highest BCUT2D eigenvalue weighted by atomic mass is 14.8. The van der Waals surface area contributed by atoms with Crippen LogP contribution in [0.5, 0.6) is 0 Å². The quantitative estimate of drug-likeness (QED) is 0.195. The molecular formula is C47H32N2. The number of aryl methyl sites for hydroxylation is 2. The Hall–Kier alpha value is -6.12. The van der Waals surface area contributed by atoms with Gasteiger partial charge in [0.1, 0.15) is 0 Å². The van der Waals surface area contributed by atoms with E-state index in [1.165, 1.54) is 66.8 Å². The molecule has 2 aromatic heterocycles. The van der Waals surface area contributed by atoms with Crippen molar-refractivity contribution in [3.63, 3.8) is 0 Å². The van der Waals surface area contributed by atoms with E-state index in [0.29, 0.717) is 0 Å². The largest absolute Gasteiger partial charge is 0.254 e. The van der Waals surface area contributed by atoms with E-state index in [9.17, 15) is 0 Å². The second kappa shape index (κ2) is 10.4. The SMILES string of the molecule is Cc1ccccc1-c1ccc(-c2cc(-c3cccc4c3-c3ccccc3C43c4ccccc4-c4ccccc43)nc3cccnc23)cc1C. The van der Waals surface area contributed by atoms with Gasteiger partial charge in [-0.05, 0) is 104 Å². The topological polar surface area (TPSA) is 25.8 Å². The van der Waals surface area contributed by atoms with E-state index in [-0.39, 0.29) is 0 Å². The van der Waals surface area contributed by atoms with E-state index >= 15 is 0 Å². The maximum atomic E-state index is 5.32. The van der Waals surface area contributed by atoms with Gasteiger partial charge in [-0.2, -0.15) is 0 Å². The molecule has 0 unspecified atom stereocenters. The standard InChI is InChI=1S/C47H32N2/c1-29-13-3-4-14-32(29)33-25-24-31(27-30(33)2)38-28-44(49-43-23-12-26-48-46(38)43)37-18-11-22-42-45(37)36-17-7-10-21-41(36)47(42)39-19-8-5-15-34(39)35-16-6-9-20-40(35)47/h3-28H,1-2H3. The van der Waals surface area contributed by atoms with E-state index in [4.69, 9.17) is 9.97 Å². The molecule has 0 atom stereocenters. The van der Waals surface area contributed by atoms with Crippen molar-refractivity contribution in [2.75, 3.05) is 0 Å². The fourth-order valence-electron chi connectivity index (χ4n) is 8.79. The Morgan fingerprint density at radius 1 is 0.429 bits per heavy atom. The van der Waals surface area contributed by atoms with Crippen LogP contribution in [0.25, 0.3) is 66.8 Å². The zero-order valence-corrected chi connectivity index (χ0v) is 27.4. The molecule has 6 aromatic carbocycles. The van der Waals surface area contributed by atoms with Gasteiger partial charge in [0.05, 0.1) is 22.1 Å². The van der Waals surface area contributed by atoms with Crippen LogP contribution in [0.3, 0.4) is 0 Å². The van der Waals surface area contributed by atoms with Crippen LogP contribution in [0.15, 0.2) is 158 Å². The second-order valence-corrected chi connectivity index (χ2v) is 13.4. The number of aromatic nitrogens is 2. The van der Waals surface area contributed by atoms with Gasteiger partial charge in [-0.1, -0.05) is 133 Å². The van der Waals surface area contributed by atoms with Gasteiger partial charge in [-0.3, -0.25) is 4.98 Å². The van der Waals surface area contributed by atoms with E-state index in [2.05, 4.69) is 159 Å².